The van der Waals surface area contributed by atoms with Gasteiger partial charge >= 0.3 is 0 Å². The number of ether oxygens (including phenoxy) is 1. The zero-order valence-electron chi connectivity index (χ0n) is 11.8. The Morgan fingerprint density at radius 3 is 2.86 bits per heavy atom. The van der Waals surface area contributed by atoms with E-state index in [4.69, 9.17) is 4.74 Å². The van der Waals surface area contributed by atoms with E-state index in [9.17, 15) is 4.79 Å². The molecule has 110 valence electrons. The summed E-state index contributed by atoms with van der Waals surface area (Å²) in [6, 6.07) is 7.70. The first-order valence-corrected chi connectivity index (χ1v) is 7.76. The van der Waals surface area contributed by atoms with E-state index in [1.165, 1.54) is 0 Å². The monoisotopic (exact) mass is 303 g/mol. The van der Waals surface area contributed by atoms with Gasteiger partial charge in [0.2, 0.25) is 0 Å². The molecule has 2 N–H and O–H groups in total. The van der Waals surface area contributed by atoms with Crippen LogP contribution in [0.1, 0.15) is 5.01 Å². The van der Waals surface area contributed by atoms with Gasteiger partial charge in [-0.15, -0.1) is 11.3 Å². The largest absolute Gasteiger partial charge is 0.366 e. The van der Waals surface area contributed by atoms with E-state index in [0.717, 1.165) is 28.5 Å². The van der Waals surface area contributed by atoms with Gasteiger partial charge in [0.1, 0.15) is 6.10 Å². The second-order valence-corrected chi connectivity index (χ2v) is 5.94. The van der Waals surface area contributed by atoms with Gasteiger partial charge in [0.15, 0.2) is 0 Å². The molecule has 0 saturated carbocycles. The molecule has 2 aromatic rings. The predicted octanol–water partition coefficient (Wildman–Crippen LogP) is 2.05. The molecule has 1 atom stereocenters. The van der Waals surface area contributed by atoms with Crippen LogP contribution in [-0.4, -0.2) is 36.7 Å². The van der Waals surface area contributed by atoms with Crippen molar-refractivity contribution in [3.63, 3.8) is 0 Å². The van der Waals surface area contributed by atoms with E-state index in [1.807, 2.05) is 36.6 Å². The Morgan fingerprint density at radius 1 is 1.43 bits per heavy atom. The molecule has 21 heavy (non-hydrogen) atoms. The highest BCUT2D eigenvalue weighted by molar-refractivity contribution is 7.09. The molecule has 0 aliphatic carbocycles. The lowest BCUT2D eigenvalue weighted by Gasteiger charge is -2.22. The van der Waals surface area contributed by atoms with Gasteiger partial charge in [-0.2, -0.15) is 0 Å². The summed E-state index contributed by atoms with van der Waals surface area (Å²) in [4.78, 5) is 16.5. The first kappa shape index (κ1) is 14.2. The van der Waals surface area contributed by atoms with Gasteiger partial charge in [-0.25, -0.2) is 4.98 Å². The second-order valence-electron chi connectivity index (χ2n) is 4.88. The van der Waals surface area contributed by atoms with E-state index < -0.39 is 6.10 Å². The molecular weight excluding hydrogens is 286 g/mol. The summed E-state index contributed by atoms with van der Waals surface area (Å²) in [5.41, 5.74) is 2.79. The van der Waals surface area contributed by atoms with Gasteiger partial charge in [-0.3, -0.25) is 4.79 Å². The van der Waals surface area contributed by atoms with Crippen molar-refractivity contribution in [3.8, 4) is 11.3 Å². The van der Waals surface area contributed by atoms with E-state index >= 15 is 0 Å². The molecule has 0 spiro atoms. The number of hydrogen-bond acceptors (Lipinski definition) is 5. The number of benzene rings is 1. The van der Waals surface area contributed by atoms with Crippen molar-refractivity contribution in [2.24, 2.45) is 0 Å². The first-order valence-electron chi connectivity index (χ1n) is 6.88. The van der Waals surface area contributed by atoms with Gasteiger partial charge in [0, 0.05) is 29.7 Å². The summed E-state index contributed by atoms with van der Waals surface area (Å²) in [7, 11) is 0. The number of aryl methyl sites for hydroxylation is 1. The molecule has 0 bridgehead atoms. The molecule has 1 fully saturated rings. The third-order valence-corrected chi connectivity index (χ3v) is 4.06. The average Bonchev–Trinajstić information content (AvgIpc) is 2.95. The van der Waals surface area contributed by atoms with Gasteiger partial charge in [0.25, 0.3) is 5.91 Å². The molecule has 2 heterocycles. The van der Waals surface area contributed by atoms with Crippen LogP contribution in [0.4, 0.5) is 5.69 Å². The molecule has 1 saturated heterocycles. The SMILES string of the molecule is Cc1nc(-c2ccc(NC(=O)C3CNCCO3)cc2)cs1. The Morgan fingerprint density at radius 2 is 2.24 bits per heavy atom. The molecule has 1 aliphatic heterocycles. The lowest BCUT2D eigenvalue weighted by Crippen LogP contribution is -2.45. The zero-order chi connectivity index (χ0) is 14.7. The molecule has 5 nitrogen and oxygen atoms in total. The second kappa shape index (κ2) is 6.34. The molecule has 0 radical (unpaired) electrons. The Bertz CT molecular complexity index is 618. The maximum Gasteiger partial charge on any atom is 0.254 e. The molecule has 1 aromatic carbocycles. The van der Waals surface area contributed by atoms with E-state index in [2.05, 4.69) is 15.6 Å². The fraction of sp³-hybridized carbons (Fsp3) is 0.333. The molecule has 3 rings (SSSR count). The number of carbonyl (C=O) groups is 1. The number of amides is 1. The summed E-state index contributed by atoms with van der Waals surface area (Å²) in [6.45, 7) is 3.91. The Labute approximate surface area is 127 Å². The van der Waals surface area contributed by atoms with Crippen molar-refractivity contribution in [2.45, 2.75) is 13.0 Å². The van der Waals surface area contributed by atoms with Crippen LogP contribution in [0.15, 0.2) is 29.6 Å². The average molecular weight is 303 g/mol. The standard InChI is InChI=1S/C15H17N3O2S/c1-10-17-13(9-21-10)11-2-4-12(5-3-11)18-15(19)14-8-16-6-7-20-14/h2-5,9,14,16H,6-8H2,1H3,(H,18,19). The smallest absolute Gasteiger partial charge is 0.254 e. The van der Waals surface area contributed by atoms with Crippen LogP contribution in [0.2, 0.25) is 0 Å². The Kier molecular flexibility index (Phi) is 4.28. The number of aromatic nitrogens is 1. The topological polar surface area (TPSA) is 63.2 Å². The minimum absolute atomic E-state index is 0.112. The fourth-order valence-corrected chi connectivity index (χ4v) is 2.80. The summed E-state index contributed by atoms with van der Waals surface area (Å²) in [5.74, 6) is -0.112. The van der Waals surface area contributed by atoms with Crippen LogP contribution >= 0.6 is 11.3 Å². The minimum atomic E-state index is -0.417. The van der Waals surface area contributed by atoms with Crippen LogP contribution in [0.5, 0.6) is 0 Å². The Balaban J connectivity index is 1.65. The van der Waals surface area contributed by atoms with Crippen molar-refractivity contribution in [1.82, 2.24) is 10.3 Å². The highest BCUT2D eigenvalue weighted by Crippen LogP contribution is 2.23. The summed E-state index contributed by atoms with van der Waals surface area (Å²) in [5, 5.41) is 9.09. The number of rotatable bonds is 3. The number of anilines is 1. The molecule has 6 heteroatoms. The number of hydrogen-bond donors (Lipinski definition) is 2. The number of nitrogens with one attached hydrogen (secondary N) is 2. The van der Waals surface area contributed by atoms with Crippen LogP contribution in [0.25, 0.3) is 11.3 Å². The minimum Gasteiger partial charge on any atom is -0.366 e. The maximum absolute atomic E-state index is 12.0. The molecule has 1 amide bonds. The van der Waals surface area contributed by atoms with Crippen LogP contribution in [-0.2, 0) is 9.53 Å². The molecule has 1 aromatic heterocycles. The molecule has 1 aliphatic rings. The van der Waals surface area contributed by atoms with Crippen molar-refractivity contribution >= 4 is 22.9 Å². The van der Waals surface area contributed by atoms with Crippen molar-refractivity contribution in [3.05, 3.63) is 34.7 Å². The van der Waals surface area contributed by atoms with Crippen molar-refractivity contribution < 1.29 is 9.53 Å². The normalized spacial score (nSPS) is 18.4. The fourth-order valence-electron chi connectivity index (χ4n) is 2.18. The van der Waals surface area contributed by atoms with Crippen molar-refractivity contribution in [2.75, 3.05) is 25.0 Å². The van der Waals surface area contributed by atoms with Gasteiger partial charge < -0.3 is 15.4 Å². The zero-order valence-corrected chi connectivity index (χ0v) is 12.6. The highest BCUT2D eigenvalue weighted by atomic mass is 32.1. The van der Waals surface area contributed by atoms with Gasteiger partial charge in [-0.1, -0.05) is 12.1 Å². The Hall–Kier alpha value is -1.76. The van der Waals surface area contributed by atoms with E-state index in [1.54, 1.807) is 11.3 Å². The predicted molar refractivity (Wildman–Crippen MR) is 83.5 cm³/mol. The maximum atomic E-state index is 12.0. The molecular formula is C15H17N3O2S. The number of morpholine rings is 1. The van der Waals surface area contributed by atoms with Gasteiger partial charge in [-0.05, 0) is 19.1 Å². The van der Waals surface area contributed by atoms with Crippen LogP contribution < -0.4 is 10.6 Å². The lowest BCUT2D eigenvalue weighted by atomic mass is 10.1. The third kappa shape index (κ3) is 3.47. The highest BCUT2D eigenvalue weighted by Gasteiger charge is 2.21. The van der Waals surface area contributed by atoms with Crippen LogP contribution in [0.3, 0.4) is 0 Å². The summed E-state index contributed by atoms with van der Waals surface area (Å²) < 4.78 is 5.42. The number of nitrogens with zero attached hydrogens (tertiary/aromatic N) is 1. The number of carbonyl (C=O) groups excluding carboxylic acids is 1. The number of thiazole rings is 1. The quantitative estimate of drug-likeness (QED) is 0.911. The lowest BCUT2D eigenvalue weighted by molar-refractivity contribution is -0.128. The molecule has 1 unspecified atom stereocenters. The third-order valence-electron chi connectivity index (χ3n) is 3.29. The first-order chi connectivity index (χ1) is 10.2. The summed E-state index contributed by atoms with van der Waals surface area (Å²) in [6.07, 6.45) is -0.417. The van der Waals surface area contributed by atoms with E-state index in [0.29, 0.717) is 13.2 Å². The van der Waals surface area contributed by atoms with Gasteiger partial charge in [0.05, 0.1) is 17.3 Å². The van der Waals surface area contributed by atoms with E-state index in [-0.39, 0.29) is 5.91 Å². The van der Waals surface area contributed by atoms with Crippen LogP contribution in [0, 0.1) is 6.92 Å². The van der Waals surface area contributed by atoms with Crippen molar-refractivity contribution in [1.29, 1.82) is 0 Å². The summed E-state index contributed by atoms with van der Waals surface area (Å²) >= 11 is 1.63.